The summed E-state index contributed by atoms with van der Waals surface area (Å²) in [5.74, 6) is 2.05. The summed E-state index contributed by atoms with van der Waals surface area (Å²) in [5.41, 5.74) is 2.64. The van der Waals surface area contributed by atoms with Crippen molar-refractivity contribution in [2.75, 3.05) is 21.3 Å². The van der Waals surface area contributed by atoms with Crippen molar-refractivity contribution in [1.29, 1.82) is 0 Å². The molecule has 0 bridgehead atoms. The third kappa shape index (κ3) is 1.58. The lowest BCUT2D eigenvalue weighted by molar-refractivity contribution is 0.353. The van der Waals surface area contributed by atoms with E-state index in [4.69, 9.17) is 9.47 Å². The summed E-state index contributed by atoms with van der Waals surface area (Å²) in [7, 11) is 5.12. The van der Waals surface area contributed by atoms with Gasteiger partial charge < -0.3 is 14.5 Å². The standard InChI is InChI=1S/C12H15NO2/c1-13-7-9-4-8-5-11(14-2)12(15-3)6-10(8)9/h5-7,9H,4H2,1-3H3/t9-/m1/s1. The van der Waals surface area contributed by atoms with Crippen LogP contribution in [0.3, 0.4) is 0 Å². The van der Waals surface area contributed by atoms with Crippen molar-refractivity contribution in [3.8, 4) is 11.5 Å². The molecular formula is C12H15NO2. The number of hydrogen-bond acceptors (Lipinski definition) is 3. The Hall–Kier alpha value is -1.51. The molecule has 0 radical (unpaired) electrons. The van der Waals surface area contributed by atoms with Crippen molar-refractivity contribution in [2.45, 2.75) is 12.3 Å². The normalized spacial score (nSPS) is 18.5. The van der Waals surface area contributed by atoms with Crippen LogP contribution in [-0.4, -0.2) is 27.5 Å². The van der Waals surface area contributed by atoms with E-state index in [0.717, 1.165) is 17.9 Å². The molecule has 15 heavy (non-hydrogen) atoms. The number of rotatable bonds is 3. The molecule has 0 fully saturated rings. The highest BCUT2D eigenvalue weighted by Gasteiger charge is 2.26. The highest BCUT2D eigenvalue weighted by Crippen LogP contribution is 2.41. The van der Waals surface area contributed by atoms with E-state index in [2.05, 4.69) is 4.99 Å². The number of ether oxygens (including phenoxy) is 2. The maximum absolute atomic E-state index is 5.26. The fraction of sp³-hybridized carbons (Fsp3) is 0.417. The molecule has 0 aromatic heterocycles. The Morgan fingerprint density at radius 3 is 2.53 bits per heavy atom. The molecule has 1 atom stereocenters. The number of nitrogens with zero attached hydrogens (tertiary/aromatic N) is 1. The van der Waals surface area contributed by atoms with Crippen molar-refractivity contribution in [1.82, 2.24) is 0 Å². The molecule has 0 saturated heterocycles. The SMILES string of the molecule is CN=C[C@H]1Cc2cc(OC)c(OC)cc21. The molecule has 3 heteroatoms. The summed E-state index contributed by atoms with van der Waals surface area (Å²) in [6, 6.07) is 4.10. The fourth-order valence-corrected chi connectivity index (χ4v) is 1.99. The minimum Gasteiger partial charge on any atom is -0.493 e. The molecule has 0 saturated carbocycles. The zero-order valence-corrected chi connectivity index (χ0v) is 9.28. The molecule has 0 heterocycles. The van der Waals surface area contributed by atoms with Gasteiger partial charge in [-0.15, -0.1) is 0 Å². The minimum atomic E-state index is 0.449. The van der Waals surface area contributed by atoms with Gasteiger partial charge in [0.15, 0.2) is 11.5 Å². The van der Waals surface area contributed by atoms with Gasteiger partial charge in [0.1, 0.15) is 0 Å². The first-order valence-corrected chi connectivity index (χ1v) is 4.97. The van der Waals surface area contributed by atoms with E-state index < -0.39 is 0 Å². The highest BCUT2D eigenvalue weighted by molar-refractivity contribution is 5.74. The van der Waals surface area contributed by atoms with Gasteiger partial charge in [-0.2, -0.15) is 0 Å². The predicted molar refractivity (Wildman–Crippen MR) is 60.4 cm³/mol. The van der Waals surface area contributed by atoms with Crippen LogP contribution >= 0.6 is 0 Å². The van der Waals surface area contributed by atoms with Crippen LogP contribution < -0.4 is 9.47 Å². The van der Waals surface area contributed by atoms with Crippen molar-refractivity contribution in [2.24, 2.45) is 4.99 Å². The molecule has 1 aromatic rings. The third-order valence-corrected chi connectivity index (χ3v) is 2.81. The van der Waals surface area contributed by atoms with Crippen molar-refractivity contribution in [3.63, 3.8) is 0 Å². The van der Waals surface area contributed by atoms with Crippen molar-refractivity contribution < 1.29 is 9.47 Å². The molecule has 3 nitrogen and oxygen atoms in total. The third-order valence-electron chi connectivity index (χ3n) is 2.81. The lowest BCUT2D eigenvalue weighted by Crippen LogP contribution is -2.18. The van der Waals surface area contributed by atoms with Crippen molar-refractivity contribution in [3.05, 3.63) is 23.3 Å². The lowest BCUT2D eigenvalue weighted by atomic mass is 9.78. The van der Waals surface area contributed by atoms with Gasteiger partial charge in [0.2, 0.25) is 0 Å². The van der Waals surface area contributed by atoms with Gasteiger partial charge in [-0.1, -0.05) is 0 Å². The monoisotopic (exact) mass is 205 g/mol. The first kappa shape index (κ1) is 10.0. The highest BCUT2D eigenvalue weighted by atomic mass is 16.5. The number of methoxy groups -OCH3 is 2. The minimum absolute atomic E-state index is 0.449. The summed E-state index contributed by atoms with van der Waals surface area (Å²) in [4.78, 5) is 4.06. The van der Waals surface area contributed by atoms with Crippen LogP contribution in [-0.2, 0) is 6.42 Å². The van der Waals surface area contributed by atoms with Gasteiger partial charge in [-0.25, -0.2) is 0 Å². The molecule has 0 spiro atoms. The second-order valence-corrected chi connectivity index (χ2v) is 3.62. The van der Waals surface area contributed by atoms with Gasteiger partial charge in [0, 0.05) is 19.2 Å². The number of hydrogen-bond donors (Lipinski definition) is 0. The lowest BCUT2D eigenvalue weighted by Gasteiger charge is -2.28. The average molecular weight is 205 g/mol. The molecule has 1 aliphatic carbocycles. The van der Waals surface area contributed by atoms with E-state index in [-0.39, 0.29) is 0 Å². The number of aliphatic imine (C=N–C) groups is 1. The fourth-order valence-electron chi connectivity index (χ4n) is 1.99. The quantitative estimate of drug-likeness (QED) is 0.707. The zero-order chi connectivity index (χ0) is 10.8. The average Bonchev–Trinajstić information content (AvgIpc) is 2.25. The molecule has 0 N–H and O–H groups in total. The maximum Gasteiger partial charge on any atom is 0.161 e. The Morgan fingerprint density at radius 2 is 1.93 bits per heavy atom. The van der Waals surface area contributed by atoms with E-state index in [1.54, 1.807) is 21.3 Å². The van der Waals surface area contributed by atoms with Crippen LogP contribution in [0.1, 0.15) is 17.0 Å². The summed E-state index contributed by atoms with van der Waals surface area (Å²) < 4.78 is 10.5. The van der Waals surface area contributed by atoms with E-state index in [1.807, 2.05) is 18.3 Å². The van der Waals surface area contributed by atoms with E-state index in [1.165, 1.54) is 11.1 Å². The van der Waals surface area contributed by atoms with Gasteiger partial charge >= 0.3 is 0 Å². The molecular weight excluding hydrogens is 190 g/mol. The predicted octanol–water partition coefficient (Wildman–Crippen LogP) is 2.04. The van der Waals surface area contributed by atoms with Gasteiger partial charge in [-0.3, -0.25) is 0 Å². The Labute approximate surface area is 89.7 Å². The molecule has 0 aliphatic heterocycles. The number of benzene rings is 1. The smallest absolute Gasteiger partial charge is 0.161 e. The summed E-state index contributed by atoms with van der Waals surface area (Å²) in [6.07, 6.45) is 3.03. The van der Waals surface area contributed by atoms with Crippen LogP contribution in [0.25, 0.3) is 0 Å². The Morgan fingerprint density at radius 1 is 1.27 bits per heavy atom. The second kappa shape index (κ2) is 3.93. The maximum atomic E-state index is 5.26. The van der Waals surface area contributed by atoms with E-state index in [9.17, 15) is 0 Å². The molecule has 2 rings (SSSR count). The Kier molecular flexibility index (Phi) is 2.62. The molecule has 1 aliphatic rings. The molecule has 0 amide bonds. The van der Waals surface area contributed by atoms with Crippen LogP contribution in [0.5, 0.6) is 11.5 Å². The van der Waals surface area contributed by atoms with E-state index in [0.29, 0.717) is 5.92 Å². The molecule has 80 valence electrons. The topological polar surface area (TPSA) is 30.8 Å². The van der Waals surface area contributed by atoms with Gasteiger partial charge in [0.25, 0.3) is 0 Å². The van der Waals surface area contributed by atoms with Crippen LogP contribution in [0.15, 0.2) is 17.1 Å². The summed E-state index contributed by atoms with van der Waals surface area (Å²) in [5, 5.41) is 0. The van der Waals surface area contributed by atoms with Crippen molar-refractivity contribution >= 4 is 6.21 Å². The summed E-state index contributed by atoms with van der Waals surface area (Å²) in [6.45, 7) is 0. The Balaban J connectivity index is 2.36. The van der Waals surface area contributed by atoms with Crippen LogP contribution in [0, 0.1) is 0 Å². The largest absolute Gasteiger partial charge is 0.493 e. The van der Waals surface area contributed by atoms with Gasteiger partial charge in [0.05, 0.1) is 14.2 Å². The van der Waals surface area contributed by atoms with E-state index >= 15 is 0 Å². The first-order chi connectivity index (χ1) is 7.30. The van der Waals surface area contributed by atoms with Crippen LogP contribution in [0.2, 0.25) is 0 Å². The van der Waals surface area contributed by atoms with Gasteiger partial charge in [-0.05, 0) is 29.7 Å². The van der Waals surface area contributed by atoms with Crippen LogP contribution in [0.4, 0.5) is 0 Å². The molecule has 1 aromatic carbocycles. The first-order valence-electron chi connectivity index (χ1n) is 4.97. The summed E-state index contributed by atoms with van der Waals surface area (Å²) >= 11 is 0. The number of fused-ring (bicyclic) bond motifs is 1. The Bertz CT molecular complexity index is 399. The second-order valence-electron chi connectivity index (χ2n) is 3.62. The zero-order valence-electron chi connectivity index (χ0n) is 9.28. The molecule has 0 unspecified atom stereocenters.